The maximum absolute atomic E-state index is 14.2. The Morgan fingerprint density at radius 1 is 1.09 bits per heavy atom. The van der Waals surface area contributed by atoms with Gasteiger partial charge in [-0.2, -0.15) is 0 Å². The number of carbonyl (C=O) groups excluding carboxylic acids is 1. The van der Waals surface area contributed by atoms with Crippen LogP contribution in [0.1, 0.15) is 28.1 Å². The van der Waals surface area contributed by atoms with Gasteiger partial charge in [0.1, 0.15) is 17.5 Å². The number of amides is 1. The van der Waals surface area contributed by atoms with Crippen LogP contribution in [0.3, 0.4) is 0 Å². The maximum atomic E-state index is 14.2. The van der Waals surface area contributed by atoms with E-state index in [0.717, 1.165) is 34.7 Å². The molecule has 4 aromatic rings. The molecule has 0 atom stereocenters. The number of hydrogen-bond acceptors (Lipinski definition) is 6. The van der Waals surface area contributed by atoms with Crippen LogP contribution in [0.5, 0.6) is 0 Å². The SMILES string of the molecule is O=C(NC1CC1)c1cc(NCc2cnc(Nc3ccc4ccccc4n3)s2)c(F)cc1F. The number of thiazole rings is 1. The van der Waals surface area contributed by atoms with E-state index in [0.29, 0.717) is 10.9 Å². The van der Waals surface area contributed by atoms with Crippen LogP contribution in [-0.2, 0) is 6.54 Å². The first-order chi connectivity index (χ1) is 15.5. The van der Waals surface area contributed by atoms with Crippen molar-refractivity contribution in [1.29, 1.82) is 0 Å². The van der Waals surface area contributed by atoms with E-state index in [1.807, 2.05) is 36.4 Å². The van der Waals surface area contributed by atoms with Crippen LogP contribution in [0.25, 0.3) is 10.9 Å². The second kappa shape index (κ2) is 8.51. The van der Waals surface area contributed by atoms with Crippen molar-refractivity contribution < 1.29 is 13.6 Å². The summed E-state index contributed by atoms with van der Waals surface area (Å²) in [5.74, 6) is -1.49. The number of hydrogen-bond donors (Lipinski definition) is 3. The van der Waals surface area contributed by atoms with E-state index in [1.165, 1.54) is 17.4 Å². The predicted molar refractivity (Wildman–Crippen MR) is 121 cm³/mol. The summed E-state index contributed by atoms with van der Waals surface area (Å²) in [7, 11) is 0. The van der Waals surface area contributed by atoms with Gasteiger partial charge in [-0.05, 0) is 37.1 Å². The summed E-state index contributed by atoms with van der Waals surface area (Å²) in [4.78, 5) is 21.9. The van der Waals surface area contributed by atoms with Crippen LogP contribution in [-0.4, -0.2) is 21.9 Å². The van der Waals surface area contributed by atoms with Gasteiger partial charge in [0.2, 0.25) is 0 Å². The minimum atomic E-state index is -0.877. The number of rotatable bonds is 7. The Hall–Kier alpha value is -3.59. The summed E-state index contributed by atoms with van der Waals surface area (Å²) < 4.78 is 28.3. The Morgan fingerprint density at radius 3 is 2.78 bits per heavy atom. The summed E-state index contributed by atoms with van der Waals surface area (Å²) in [6.07, 6.45) is 3.44. The highest BCUT2D eigenvalue weighted by atomic mass is 32.1. The Kier molecular flexibility index (Phi) is 5.40. The van der Waals surface area contributed by atoms with Gasteiger partial charge in [-0.1, -0.05) is 29.5 Å². The smallest absolute Gasteiger partial charge is 0.254 e. The molecule has 1 saturated carbocycles. The number of benzene rings is 2. The summed E-state index contributed by atoms with van der Waals surface area (Å²) in [6, 6.07) is 13.7. The van der Waals surface area contributed by atoms with Crippen LogP contribution in [0.2, 0.25) is 0 Å². The zero-order valence-electron chi connectivity index (χ0n) is 16.9. The molecule has 3 N–H and O–H groups in total. The van der Waals surface area contributed by atoms with Crippen LogP contribution < -0.4 is 16.0 Å². The highest BCUT2D eigenvalue weighted by molar-refractivity contribution is 7.15. The normalized spacial score (nSPS) is 13.2. The number of carbonyl (C=O) groups is 1. The average molecular weight is 452 g/mol. The fourth-order valence-electron chi connectivity index (χ4n) is 3.22. The standard InChI is InChI=1S/C23H19F2N5OS/c24-17-10-18(25)20(9-16(17)22(31)28-14-6-7-14)26-11-15-12-27-23(32-15)30-21-8-5-13-3-1-2-4-19(13)29-21/h1-5,8-10,12,14,26H,6-7,11H2,(H,28,31)(H,27,29,30). The molecule has 0 radical (unpaired) electrons. The molecule has 0 spiro atoms. The van der Waals surface area contributed by atoms with Gasteiger partial charge >= 0.3 is 0 Å². The molecular weight excluding hydrogens is 432 g/mol. The maximum Gasteiger partial charge on any atom is 0.254 e. The van der Waals surface area contributed by atoms with Gasteiger partial charge in [-0.25, -0.2) is 18.7 Å². The lowest BCUT2D eigenvalue weighted by Crippen LogP contribution is -2.26. The molecule has 0 unspecified atom stereocenters. The summed E-state index contributed by atoms with van der Waals surface area (Å²) >= 11 is 1.39. The number of anilines is 3. The van der Waals surface area contributed by atoms with Crippen LogP contribution in [0, 0.1) is 11.6 Å². The lowest BCUT2D eigenvalue weighted by atomic mass is 10.1. The predicted octanol–water partition coefficient (Wildman–Crippen LogP) is 5.22. The van der Waals surface area contributed by atoms with Crippen LogP contribution >= 0.6 is 11.3 Å². The third kappa shape index (κ3) is 4.52. The lowest BCUT2D eigenvalue weighted by molar-refractivity contribution is 0.0947. The zero-order chi connectivity index (χ0) is 22.1. The molecule has 9 heteroatoms. The minimum absolute atomic E-state index is 0.0615. The Labute approximate surface area is 186 Å². The largest absolute Gasteiger partial charge is 0.378 e. The molecule has 6 nitrogen and oxygen atoms in total. The molecule has 1 fully saturated rings. The fourth-order valence-corrected chi connectivity index (χ4v) is 3.98. The van der Waals surface area contributed by atoms with Crippen molar-refractivity contribution in [2.45, 2.75) is 25.4 Å². The van der Waals surface area contributed by atoms with Crippen molar-refractivity contribution in [1.82, 2.24) is 15.3 Å². The number of fused-ring (bicyclic) bond motifs is 1. The first-order valence-corrected chi connectivity index (χ1v) is 11.0. The van der Waals surface area contributed by atoms with E-state index in [-0.39, 0.29) is 23.8 Å². The minimum Gasteiger partial charge on any atom is -0.378 e. The van der Waals surface area contributed by atoms with Crippen molar-refractivity contribution in [3.05, 3.63) is 76.8 Å². The third-order valence-electron chi connectivity index (χ3n) is 5.05. The van der Waals surface area contributed by atoms with Gasteiger partial charge in [0.15, 0.2) is 5.13 Å². The van der Waals surface area contributed by atoms with Gasteiger partial charge in [0.05, 0.1) is 23.3 Å². The summed E-state index contributed by atoms with van der Waals surface area (Å²) in [5, 5.41) is 10.5. The molecule has 1 aliphatic carbocycles. The second-order valence-corrected chi connectivity index (χ2v) is 8.67. The number of para-hydroxylation sites is 1. The first-order valence-electron chi connectivity index (χ1n) is 10.2. The molecule has 2 aromatic heterocycles. The zero-order valence-corrected chi connectivity index (χ0v) is 17.7. The molecule has 1 amide bonds. The van der Waals surface area contributed by atoms with Crippen molar-refractivity contribution >= 4 is 44.8 Å². The summed E-state index contributed by atoms with van der Waals surface area (Å²) in [6.45, 7) is 0.275. The van der Waals surface area contributed by atoms with Gasteiger partial charge in [0.25, 0.3) is 5.91 Å². The van der Waals surface area contributed by atoms with E-state index in [2.05, 4.69) is 25.9 Å². The van der Waals surface area contributed by atoms with Crippen molar-refractivity contribution in [2.24, 2.45) is 0 Å². The van der Waals surface area contributed by atoms with E-state index in [4.69, 9.17) is 0 Å². The second-order valence-electron chi connectivity index (χ2n) is 7.56. The topological polar surface area (TPSA) is 78.9 Å². The fraction of sp³-hybridized carbons (Fsp3) is 0.174. The van der Waals surface area contributed by atoms with Gasteiger partial charge in [-0.15, -0.1) is 0 Å². The molecule has 5 rings (SSSR count). The lowest BCUT2D eigenvalue weighted by Gasteiger charge is -2.10. The Morgan fingerprint density at radius 2 is 1.94 bits per heavy atom. The molecule has 0 aliphatic heterocycles. The monoisotopic (exact) mass is 451 g/mol. The number of nitrogens with one attached hydrogen (secondary N) is 3. The molecule has 1 aliphatic rings. The Bertz CT molecular complexity index is 1300. The van der Waals surface area contributed by atoms with E-state index >= 15 is 0 Å². The van der Waals surface area contributed by atoms with Crippen molar-refractivity contribution in [3.63, 3.8) is 0 Å². The number of pyridine rings is 1. The molecule has 162 valence electrons. The Balaban J connectivity index is 1.26. The first kappa shape index (κ1) is 20.3. The van der Waals surface area contributed by atoms with E-state index < -0.39 is 17.5 Å². The molecular formula is C23H19F2N5OS. The van der Waals surface area contributed by atoms with Gasteiger partial charge in [0, 0.05) is 28.6 Å². The highest BCUT2D eigenvalue weighted by Crippen LogP contribution is 2.26. The molecule has 2 heterocycles. The molecule has 2 aromatic carbocycles. The number of aromatic nitrogens is 2. The van der Waals surface area contributed by atoms with E-state index in [1.54, 1.807) is 6.20 Å². The molecule has 32 heavy (non-hydrogen) atoms. The van der Waals surface area contributed by atoms with Gasteiger partial charge in [-0.3, -0.25) is 4.79 Å². The van der Waals surface area contributed by atoms with Crippen LogP contribution in [0.4, 0.5) is 25.4 Å². The van der Waals surface area contributed by atoms with Crippen molar-refractivity contribution in [2.75, 3.05) is 10.6 Å². The molecule has 0 bridgehead atoms. The molecule has 0 saturated heterocycles. The van der Waals surface area contributed by atoms with Gasteiger partial charge < -0.3 is 16.0 Å². The van der Waals surface area contributed by atoms with Crippen molar-refractivity contribution in [3.8, 4) is 0 Å². The number of nitrogens with zero attached hydrogens (tertiary/aromatic N) is 2. The highest BCUT2D eigenvalue weighted by Gasteiger charge is 2.25. The quantitative estimate of drug-likeness (QED) is 0.359. The average Bonchev–Trinajstić information content (AvgIpc) is 3.49. The van der Waals surface area contributed by atoms with E-state index in [9.17, 15) is 13.6 Å². The number of halogens is 2. The third-order valence-corrected chi connectivity index (χ3v) is 5.97. The summed E-state index contributed by atoms with van der Waals surface area (Å²) in [5.41, 5.74) is 0.769. The van der Waals surface area contributed by atoms with Crippen LogP contribution in [0.15, 0.2) is 54.7 Å².